The van der Waals surface area contributed by atoms with E-state index in [-0.39, 0.29) is 36.4 Å². The number of amides is 1. The Hall–Kier alpha value is -1.77. The minimum absolute atomic E-state index is 0. The summed E-state index contributed by atoms with van der Waals surface area (Å²) in [4.78, 5) is 19.2. The number of hydrogen-bond acceptors (Lipinski definition) is 2. The molecule has 1 heterocycles. The van der Waals surface area contributed by atoms with Gasteiger partial charge in [-0.1, -0.05) is 25.1 Å². The summed E-state index contributed by atoms with van der Waals surface area (Å²) in [5.41, 5.74) is 2.43. The molecular weight excluding hydrogens is 429 g/mol. The molecule has 6 nitrogen and oxygen atoms in total. The minimum atomic E-state index is -0.0503. The van der Waals surface area contributed by atoms with E-state index in [2.05, 4.69) is 44.3 Å². The van der Waals surface area contributed by atoms with Crippen LogP contribution in [0.1, 0.15) is 25.8 Å². The number of halogens is 1. The molecule has 0 bridgehead atoms. The van der Waals surface area contributed by atoms with Crippen molar-refractivity contribution in [2.45, 2.75) is 26.7 Å². The monoisotopic (exact) mass is 457 g/mol. The number of H-pyrrole nitrogens is 1. The molecule has 4 N–H and O–H groups in total. The van der Waals surface area contributed by atoms with Gasteiger partial charge < -0.3 is 20.9 Å². The van der Waals surface area contributed by atoms with E-state index in [1.807, 2.05) is 26.0 Å². The molecule has 0 fully saturated rings. The van der Waals surface area contributed by atoms with Crippen molar-refractivity contribution < 1.29 is 4.79 Å². The van der Waals surface area contributed by atoms with E-state index in [0.29, 0.717) is 12.5 Å². The highest BCUT2D eigenvalue weighted by Crippen LogP contribution is 2.17. The maximum atomic E-state index is 11.6. The largest absolute Gasteiger partial charge is 0.361 e. The molecule has 2 aromatic rings. The highest BCUT2D eigenvalue weighted by molar-refractivity contribution is 14.0. The molecule has 0 saturated carbocycles. The van der Waals surface area contributed by atoms with Crippen molar-refractivity contribution in [1.29, 1.82) is 0 Å². The van der Waals surface area contributed by atoms with Crippen molar-refractivity contribution in [2.75, 3.05) is 26.2 Å². The Bertz CT molecular complexity index is 683. The molecule has 0 aliphatic heterocycles. The van der Waals surface area contributed by atoms with Crippen molar-refractivity contribution in [1.82, 2.24) is 20.9 Å². The third kappa shape index (κ3) is 6.93. The maximum Gasteiger partial charge on any atom is 0.241 e. The highest BCUT2D eigenvalue weighted by Gasteiger charge is 2.04. The maximum absolute atomic E-state index is 11.6. The quantitative estimate of drug-likeness (QED) is 0.279. The molecule has 0 saturated heterocycles. The summed E-state index contributed by atoms with van der Waals surface area (Å²) in [5, 5.41) is 10.5. The molecule has 0 unspecified atom stereocenters. The van der Waals surface area contributed by atoms with Gasteiger partial charge in [-0.25, -0.2) is 4.99 Å². The first-order valence-corrected chi connectivity index (χ1v) is 8.58. The summed E-state index contributed by atoms with van der Waals surface area (Å²) >= 11 is 0. The van der Waals surface area contributed by atoms with Crippen LogP contribution >= 0.6 is 24.0 Å². The number of aromatic nitrogens is 1. The van der Waals surface area contributed by atoms with Gasteiger partial charge >= 0.3 is 0 Å². The van der Waals surface area contributed by atoms with Crippen molar-refractivity contribution in [3.8, 4) is 0 Å². The standard InChI is InChI=1S/C18H27N5O.HI/c1-3-10-20-17(24)13-23-18(19-4-2)21-11-9-14-12-22-16-8-6-5-7-15(14)16;/h5-8,12,22H,3-4,9-11,13H2,1-2H3,(H,20,24)(H2,19,21,23);1H. The molecule has 0 aliphatic carbocycles. The van der Waals surface area contributed by atoms with E-state index >= 15 is 0 Å². The van der Waals surface area contributed by atoms with Crippen LogP contribution in [-0.4, -0.2) is 43.0 Å². The summed E-state index contributed by atoms with van der Waals surface area (Å²) in [6.45, 7) is 6.38. The van der Waals surface area contributed by atoms with Crippen LogP contribution in [0.5, 0.6) is 0 Å². The summed E-state index contributed by atoms with van der Waals surface area (Å²) < 4.78 is 0. The minimum Gasteiger partial charge on any atom is -0.361 e. The third-order valence-corrected chi connectivity index (χ3v) is 3.66. The summed E-state index contributed by atoms with van der Waals surface area (Å²) in [6.07, 6.45) is 3.86. The number of nitrogens with zero attached hydrogens (tertiary/aromatic N) is 1. The normalized spacial score (nSPS) is 11.0. The van der Waals surface area contributed by atoms with Gasteiger partial charge in [0.25, 0.3) is 0 Å². The van der Waals surface area contributed by atoms with Crippen LogP contribution in [0.4, 0.5) is 0 Å². The van der Waals surface area contributed by atoms with Crippen molar-refractivity contribution in [3.63, 3.8) is 0 Å². The predicted octanol–water partition coefficient (Wildman–Crippen LogP) is 2.41. The average Bonchev–Trinajstić information content (AvgIpc) is 3.01. The van der Waals surface area contributed by atoms with Crippen LogP contribution in [0.2, 0.25) is 0 Å². The molecule has 7 heteroatoms. The average molecular weight is 457 g/mol. The van der Waals surface area contributed by atoms with Gasteiger partial charge in [0.2, 0.25) is 5.91 Å². The number of aromatic amines is 1. The van der Waals surface area contributed by atoms with E-state index in [1.54, 1.807) is 0 Å². The smallest absolute Gasteiger partial charge is 0.241 e. The molecule has 1 aromatic carbocycles. The Balaban J connectivity index is 0.00000312. The molecule has 0 radical (unpaired) electrons. The number of carbonyl (C=O) groups is 1. The number of rotatable bonds is 8. The van der Waals surface area contributed by atoms with E-state index in [9.17, 15) is 4.79 Å². The Morgan fingerprint density at radius 3 is 2.68 bits per heavy atom. The van der Waals surface area contributed by atoms with E-state index in [0.717, 1.165) is 31.4 Å². The molecule has 138 valence electrons. The van der Waals surface area contributed by atoms with E-state index in [4.69, 9.17) is 0 Å². The molecule has 2 rings (SSSR count). The molecule has 1 amide bonds. The number of fused-ring (bicyclic) bond motifs is 1. The zero-order chi connectivity index (χ0) is 17.2. The van der Waals surface area contributed by atoms with Crippen LogP contribution in [0.3, 0.4) is 0 Å². The topological polar surface area (TPSA) is 81.3 Å². The fourth-order valence-corrected chi connectivity index (χ4v) is 2.47. The van der Waals surface area contributed by atoms with E-state index < -0.39 is 0 Å². The van der Waals surface area contributed by atoms with Crippen LogP contribution in [-0.2, 0) is 11.2 Å². The predicted molar refractivity (Wildman–Crippen MR) is 115 cm³/mol. The molecule has 25 heavy (non-hydrogen) atoms. The Morgan fingerprint density at radius 2 is 1.92 bits per heavy atom. The molecule has 1 aromatic heterocycles. The molecule has 0 atom stereocenters. The van der Waals surface area contributed by atoms with E-state index in [1.165, 1.54) is 10.9 Å². The number of nitrogens with one attached hydrogen (secondary N) is 4. The van der Waals surface area contributed by atoms with Gasteiger partial charge in [0.05, 0.1) is 0 Å². The Kier molecular flexibility index (Phi) is 9.98. The number of para-hydroxylation sites is 1. The van der Waals surface area contributed by atoms with Crippen molar-refractivity contribution in [2.24, 2.45) is 4.99 Å². The lowest BCUT2D eigenvalue weighted by atomic mass is 10.1. The Morgan fingerprint density at radius 1 is 1.12 bits per heavy atom. The number of hydrogen-bond donors (Lipinski definition) is 4. The van der Waals surface area contributed by atoms with Crippen LogP contribution in [0.15, 0.2) is 35.5 Å². The molecule has 0 spiro atoms. The highest BCUT2D eigenvalue weighted by atomic mass is 127. The number of carbonyl (C=O) groups excluding carboxylic acids is 1. The SMILES string of the molecule is CCCNC(=O)CN=C(NCC)NCCc1c[nH]c2ccccc12.I. The second-order valence-corrected chi connectivity index (χ2v) is 5.58. The zero-order valence-corrected chi connectivity index (χ0v) is 17.2. The van der Waals surface area contributed by atoms with Crippen molar-refractivity contribution >= 4 is 46.7 Å². The van der Waals surface area contributed by atoms with Crippen LogP contribution in [0, 0.1) is 0 Å². The third-order valence-electron chi connectivity index (χ3n) is 3.66. The van der Waals surface area contributed by atoms with Crippen LogP contribution < -0.4 is 16.0 Å². The van der Waals surface area contributed by atoms with Gasteiger partial charge in [0.1, 0.15) is 6.54 Å². The van der Waals surface area contributed by atoms with Gasteiger partial charge in [0, 0.05) is 36.7 Å². The van der Waals surface area contributed by atoms with Crippen LogP contribution in [0.25, 0.3) is 10.9 Å². The first-order valence-electron chi connectivity index (χ1n) is 8.58. The lowest BCUT2D eigenvalue weighted by Crippen LogP contribution is -2.39. The first kappa shape index (κ1) is 21.3. The zero-order valence-electron chi connectivity index (χ0n) is 14.9. The summed E-state index contributed by atoms with van der Waals surface area (Å²) in [7, 11) is 0. The second kappa shape index (κ2) is 11.7. The van der Waals surface area contributed by atoms with Crippen molar-refractivity contribution in [3.05, 3.63) is 36.0 Å². The fraction of sp³-hybridized carbons (Fsp3) is 0.444. The number of benzene rings is 1. The lowest BCUT2D eigenvalue weighted by Gasteiger charge is -2.11. The van der Waals surface area contributed by atoms with Gasteiger partial charge in [-0.05, 0) is 31.4 Å². The second-order valence-electron chi connectivity index (χ2n) is 5.58. The number of guanidine groups is 1. The lowest BCUT2D eigenvalue weighted by molar-refractivity contribution is -0.119. The van der Waals surface area contributed by atoms with Gasteiger partial charge in [0.15, 0.2) is 5.96 Å². The number of aliphatic imine (C=N–C) groups is 1. The Labute approximate surface area is 166 Å². The van der Waals surface area contributed by atoms with Gasteiger partial charge in [-0.2, -0.15) is 0 Å². The fourth-order valence-electron chi connectivity index (χ4n) is 2.47. The summed E-state index contributed by atoms with van der Waals surface area (Å²) in [6, 6.07) is 8.28. The summed E-state index contributed by atoms with van der Waals surface area (Å²) in [5.74, 6) is 0.620. The molecule has 0 aliphatic rings. The molecular formula is C18H28IN5O. The first-order chi connectivity index (χ1) is 11.7. The van der Waals surface area contributed by atoms with Gasteiger partial charge in [-0.3, -0.25) is 4.79 Å². The van der Waals surface area contributed by atoms with Gasteiger partial charge in [-0.15, -0.1) is 24.0 Å².